The molecule has 0 aromatic heterocycles. The third-order valence-corrected chi connectivity index (χ3v) is 5.03. The van der Waals surface area contributed by atoms with Gasteiger partial charge in [-0.2, -0.15) is 0 Å². The number of carbonyl (C=O) groups is 2. The normalized spacial score (nSPS) is 13.9. The molecule has 0 saturated heterocycles. The first kappa shape index (κ1) is 18.2. The van der Waals surface area contributed by atoms with E-state index in [0.717, 1.165) is 25.7 Å². The SMILES string of the molecule is CCCCC(CC)COc1ccc(O)c2c1C(=O)c1ccccc1C2=O. The van der Waals surface area contributed by atoms with Crippen molar-refractivity contribution < 1.29 is 19.4 Å². The maximum absolute atomic E-state index is 13.0. The van der Waals surface area contributed by atoms with Crippen molar-refractivity contribution in [1.29, 1.82) is 0 Å². The number of ketones is 2. The number of carbonyl (C=O) groups excluding carboxylic acids is 2. The highest BCUT2D eigenvalue weighted by Gasteiger charge is 2.34. The van der Waals surface area contributed by atoms with Crippen molar-refractivity contribution in [3.63, 3.8) is 0 Å². The first-order chi connectivity index (χ1) is 12.6. The Morgan fingerprint density at radius 2 is 1.62 bits per heavy atom. The summed E-state index contributed by atoms with van der Waals surface area (Å²) in [5.74, 6) is -0.0150. The van der Waals surface area contributed by atoms with Crippen LogP contribution >= 0.6 is 0 Å². The molecule has 2 aromatic carbocycles. The Hall–Kier alpha value is -2.62. The second kappa shape index (κ2) is 7.73. The summed E-state index contributed by atoms with van der Waals surface area (Å²) < 4.78 is 5.96. The average Bonchev–Trinajstić information content (AvgIpc) is 2.67. The number of hydrogen-bond acceptors (Lipinski definition) is 4. The third-order valence-electron chi connectivity index (χ3n) is 5.03. The highest BCUT2D eigenvalue weighted by Crippen LogP contribution is 2.38. The molecule has 0 fully saturated rings. The predicted molar refractivity (Wildman–Crippen MR) is 100 cm³/mol. The van der Waals surface area contributed by atoms with Gasteiger partial charge in [-0.3, -0.25) is 9.59 Å². The van der Waals surface area contributed by atoms with Crippen molar-refractivity contribution in [2.24, 2.45) is 5.92 Å². The van der Waals surface area contributed by atoms with E-state index in [1.165, 1.54) is 6.07 Å². The lowest BCUT2D eigenvalue weighted by atomic mass is 9.83. The number of phenolic OH excluding ortho intramolecular Hbond substituents is 1. The minimum absolute atomic E-state index is 0.0489. The molecule has 0 radical (unpaired) electrons. The molecule has 3 rings (SSSR count). The molecule has 0 amide bonds. The topological polar surface area (TPSA) is 63.6 Å². The molecular formula is C22H24O4. The van der Waals surface area contributed by atoms with Gasteiger partial charge >= 0.3 is 0 Å². The first-order valence-electron chi connectivity index (χ1n) is 9.25. The van der Waals surface area contributed by atoms with Crippen molar-refractivity contribution in [3.05, 3.63) is 58.7 Å². The van der Waals surface area contributed by atoms with Crippen LogP contribution in [0, 0.1) is 5.92 Å². The number of hydrogen-bond donors (Lipinski definition) is 1. The molecule has 0 heterocycles. The molecule has 4 heteroatoms. The van der Waals surface area contributed by atoms with Crippen LogP contribution in [0.3, 0.4) is 0 Å². The fourth-order valence-corrected chi connectivity index (χ4v) is 3.40. The second-order valence-electron chi connectivity index (χ2n) is 6.76. The van der Waals surface area contributed by atoms with Crippen LogP contribution < -0.4 is 4.74 Å². The maximum atomic E-state index is 13.0. The van der Waals surface area contributed by atoms with Crippen LogP contribution in [0.15, 0.2) is 36.4 Å². The molecule has 136 valence electrons. The number of aromatic hydroxyl groups is 1. The van der Waals surface area contributed by atoms with Crippen molar-refractivity contribution in [3.8, 4) is 11.5 Å². The second-order valence-corrected chi connectivity index (χ2v) is 6.76. The van der Waals surface area contributed by atoms with E-state index in [9.17, 15) is 14.7 Å². The quantitative estimate of drug-likeness (QED) is 0.666. The predicted octanol–water partition coefficient (Wildman–Crippen LogP) is 4.76. The van der Waals surface area contributed by atoms with Crippen LogP contribution in [-0.2, 0) is 0 Å². The van der Waals surface area contributed by atoms with Gasteiger partial charge in [0.25, 0.3) is 0 Å². The number of unbranched alkanes of at least 4 members (excludes halogenated alkanes) is 1. The summed E-state index contributed by atoms with van der Waals surface area (Å²) in [6.07, 6.45) is 4.34. The first-order valence-corrected chi connectivity index (χ1v) is 9.25. The standard InChI is InChI=1S/C22H24O4/c1-3-5-8-14(4-2)13-26-18-12-11-17(23)19-20(18)22(25)16-10-7-6-9-15(16)21(19)24/h6-7,9-12,14,23H,3-5,8,13H2,1-2H3. The van der Waals surface area contributed by atoms with Gasteiger partial charge in [0.15, 0.2) is 11.6 Å². The van der Waals surface area contributed by atoms with Gasteiger partial charge in [-0.05, 0) is 24.5 Å². The average molecular weight is 352 g/mol. The Morgan fingerprint density at radius 3 is 2.23 bits per heavy atom. The molecule has 0 bridgehead atoms. The van der Waals surface area contributed by atoms with Crippen LogP contribution in [-0.4, -0.2) is 23.3 Å². The van der Waals surface area contributed by atoms with E-state index in [1.54, 1.807) is 30.3 Å². The molecule has 0 saturated carbocycles. The molecule has 1 aliphatic carbocycles. The monoisotopic (exact) mass is 352 g/mol. The van der Waals surface area contributed by atoms with Crippen molar-refractivity contribution >= 4 is 11.6 Å². The minimum atomic E-state index is -0.337. The van der Waals surface area contributed by atoms with E-state index in [2.05, 4.69) is 13.8 Å². The third kappa shape index (κ3) is 3.24. The fraction of sp³-hybridized carbons (Fsp3) is 0.364. The number of ether oxygens (including phenoxy) is 1. The van der Waals surface area contributed by atoms with Crippen molar-refractivity contribution in [2.75, 3.05) is 6.61 Å². The lowest BCUT2D eigenvalue weighted by Crippen LogP contribution is -2.22. The summed E-state index contributed by atoms with van der Waals surface area (Å²) in [6.45, 7) is 4.78. The summed E-state index contributed by atoms with van der Waals surface area (Å²) in [6, 6.07) is 9.72. The van der Waals surface area contributed by atoms with Gasteiger partial charge in [0.1, 0.15) is 11.5 Å². The Labute approximate surface area is 153 Å². The van der Waals surface area contributed by atoms with Crippen LogP contribution in [0.2, 0.25) is 0 Å². The van der Waals surface area contributed by atoms with Crippen LogP contribution in [0.4, 0.5) is 0 Å². The molecular weight excluding hydrogens is 328 g/mol. The maximum Gasteiger partial charge on any atom is 0.198 e. The zero-order valence-corrected chi connectivity index (χ0v) is 15.2. The lowest BCUT2D eigenvalue weighted by Gasteiger charge is -2.22. The Morgan fingerprint density at radius 1 is 0.962 bits per heavy atom. The molecule has 4 nitrogen and oxygen atoms in total. The zero-order chi connectivity index (χ0) is 18.7. The molecule has 0 aliphatic heterocycles. The lowest BCUT2D eigenvalue weighted by molar-refractivity contribution is 0.0972. The summed E-state index contributed by atoms with van der Waals surface area (Å²) in [5.41, 5.74) is 0.914. The summed E-state index contributed by atoms with van der Waals surface area (Å²) in [7, 11) is 0. The van der Waals surface area contributed by atoms with Crippen LogP contribution in [0.25, 0.3) is 0 Å². The van der Waals surface area contributed by atoms with E-state index < -0.39 is 0 Å². The number of rotatable bonds is 7. The summed E-state index contributed by atoms with van der Waals surface area (Å²) >= 11 is 0. The molecule has 26 heavy (non-hydrogen) atoms. The summed E-state index contributed by atoms with van der Waals surface area (Å²) in [4.78, 5) is 25.8. The summed E-state index contributed by atoms with van der Waals surface area (Å²) in [5, 5.41) is 10.2. The van der Waals surface area contributed by atoms with Gasteiger partial charge in [-0.15, -0.1) is 0 Å². The van der Waals surface area contributed by atoms with Gasteiger partial charge in [0, 0.05) is 11.1 Å². The minimum Gasteiger partial charge on any atom is -0.507 e. The molecule has 1 atom stereocenters. The highest BCUT2D eigenvalue weighted by molar-refractivity contribution is 6.30. The highest BCUT2D eigenvalue weighted by atomic mass is 16.5. The number of phenols is 1. The van der Waals surface area contributed by atoms with E-state index in [-0.39, 0.29) is 28.4 Å². The van der Waals surface area contributed by atoms with E-state index >= 15 is 0 Å². The molecule has 0 spiro atoms. The number of fused-ring (bicyclic) bond motifs is 2. The molecule has 1 aliphatic rings. The largest absolute Gasteiger partial charge is 0.507 e. The molecule has 1 unspecified atom stereocenters. The van der Waals surface area contributed by atoms with Crippen molar-refractivity contribution in [2.45, 2.75) is 39.5 Å². The van der Waals surface area contributed by atoms with Gasteiger partial charge in [0.05, 0.1) is 17.7 Å². The van der Waals surface area contributed by atoms with Gasteiger partial charge in [0.2, 0.25) is 0 Å². The number of benzene rings is 2. The smallest absolute Gasteiger partial charge is 0.198 e. The Balaban J connectivity index is 1.95. The molecule has 2 aromatic rings. The van der Waals surface area contributed by atoms with Gasteiger partial charge in [-0.25, -0.2) is 0 Å². The van der Waals surface area contributed by atoms with Crippen LogP contribution in [0.1, 0.15) is 71.4 Å². The van der Waals surface area contributed by atoms with E-state index in [1.807, 2.05) is 0 Å². The Bertz CT molecular complexity index is 838. The van der Waals surface area contributed by atoms with Gasteiger partial charge in [-0.1, -0.05) is 57.4 Å². The van der Waals surface area contributed by atoms with E-state index in [4.69, 9.17) is 4.74 Å². The van der Waals surface area contributed by atoms with Gasteiger partial charge < -0.3 is 9.84 Å². The van der Waals surface area contributed by atoms with Crippen LogP contribution in [0.5, 0.6) is 11.5 Å². The van der Waals surface area contributed by atoms with E-state index in [0.29, 0.717) is 29.4 Å². The fourth-order valence-electron chi connectivity index (χ4n) is 3.40. The Kier molecular flexibility index (Phi) is 5.40. The zero-order valence-electron chi connectivity index (χ0n) is 15.2. The molecule has 1 N–H and O–H groups in total. The van der Waals surface area contributed by atoms with Crippen molar-refractivity contribution in [1.82, 2.24) is 0 Å².